The van der Waals surface area contributed by atoms with Gasteiger partial charge < -0.3 is 15.2 Å². The minimum Gasteiger partial charge on any atom is -0.489 e. The van der Waals surface area contributed by atoms with Crippen LogP contribution in [0.4, 0.5) is 0 Å². The Morgan fingerprint density at radius 2 is 1.53 bits per heavy atom. The van der Waals surface area contributed by atoms with Crippen LogP contribution in [0.1, 0.15) is 32.6 Å². The molecule has 0 radical (unpaired) electrons. The van der Waals surface area contributed by atoms with Crippen molar-refractivity contribution in [2.24, 2.45) is 0 Å². The largest absolute Gasteiger partial charge is 0.489 e. The number of carboxylic acids is 1. The van der Waals surface area contributed by atoms with Gasteiger partial charge in [0.15, 0.2) is 0 Å². The molecule has 3 rings (SSSR count). The van der Waals surface area contributed by atoms with Crippen LogP contribution < -0.4 is 10.1 Å². The summed E-state index contributed by atoms with van der Waals surface area (Å²) < 4.78 is 5.76. The van der Waals surface area contributed by atoms with Crippen molar-refractivity contribution in [1.29, 1.82) is 0 Å². The van der Waals surface area contributed by atoms with Crippen LogP contribution in [0.15, 0.2) is 72.8 Å². The fourth-order valence-corrected chi connectivity index (χ4v) is 3.25. The molecule has 0 aliphatic carbocycles. The average Bonchev–Trinajstić information content (AvgIpc) is 2.72. The summed E-state index contributed by atoms with van der Waals surface area (Å²) >= 11 is 0. The van der Waals surface area contributed by atoms with E-state index in [-0.39, 0.29) is 6.42 Å². The molecule has 5 nitrogen and oxygen atoms in total. The van der Waals surface area contributed by atoms with Gasteiger partial charge in [-0.25, -0.2) is 4.79 Å². The SMILES string of the molecule is Cc1cc(C)cc(C(=O)N[C@@H](Cc2ccc(OCc3ccccc3)cc2)C(=O)O)c1. The summed E-state index contributed by atoms with van der Waals surface area (Å²) in [6.07, 6.45) is 0.185. The normalized spacial score (nSPS) is 11.5. The molecule has 0 unspecified atom stereocenters. The molecule has 3 aromatic carbocycles. The van der Waals surface area contributed by atoms with Crippen molar-refractivity contribution >= 4 is 11.9 Å². The highest BCUT2D eigenvalue weighted by Crippen LogP contribution is 2.16. The molecule has 0 aliphatic heterocycles. The van der Waals surface area contributed by atoms with Crippen LogP contribution in [0.3, 0.4) is 0 Å². The fraction of sp³-hybridized carbons (Fsp3) is 0.200. The van der Waals surface area contributed by atoms with Crippen LogP contribution in [0.5, 0.6) is 5.75 Å². The molecular formula is C25H25NO4. The quantitative estimate of drug-likeness (QED) is 0.588. The number of ether oxygens (including phenoxy) is 1. The van der Waals surface area contributed by atoms with Gasteiger partial charge >= 0.3 is 5.97 Å². The topological polar surface area (TPSA) is 75.6 Å². The van der Waals surface area contributed by atoms with E-state index < -0.39 is 17.9 Å². The second-order valence-corrected chi connectivity index (χ2v) is 7.36. The Bertz CT molecular complexity index is 993. The molecule has 0 saturated carbocycles. The number of carboxylic acid groups (broad SMARTS) is 1. The summed E-state index contributed by atoms with van der Waals surface area (Å²) in [5.41, 5.74) is 4.25. The molecule has 5 heteroatoms. The summed E-state index contributed by atoms with van der Waals surface area (Å²) in [5, 5.41) is 12.2. The number of carbonyl (C=O) groups excluding carboxylic acids is 1. The molecule has 0 spiro atoms. The van der Waals surface area contributed by atoms with Crippen molar-refractivity contribution in [3.63, 3.8) is 0 Å². The van der Waals surface area contributed by atoms with Gasteiger partial charge in [-0.05, 0) is 49.2 Å². The fourth-order valence-electron chi connectivity index (χ4n) is 3.25. The second-order valence-electron chi connectivity index (χ2n) is 7.36. The van der Waals surface area contributed by atoms with E-state index in [0.29, 0.717) is 17.9 Å². The lowest BCUT2D eigenvalue weighted by atomic mass is 10.0. The van der Waals surface area contributed by atoms with Crippen molar-refractivity contribution in [3.8, 4) is 5.75 Å². The third kappa shape index (κ3) is 5.95. The lowest BCUT2D eigenvalue weighted by Crippen LogP contribution is -2.42. The van der Waals surface area contributed by atoms with E-state index >= 15 is 0 Å². The maximum atomic E-state index is 12.5. The minimum absolute atomic E-state index is 0.185. The number of aryl methyl sites for hydroxylation is 2. The van der Waals surface area contributed by atoms with E-state index in [1.54, 1.807) is 12.1 Å². The highest BCUT2D eigenvalue weighted by molar-refractivity contribution is 5.97. The second kappa shape index (κ2) is 9.74. The first-order valence-corrected chi connectivity index (χ1v) is 9.78. The van der Waals surface area contributed by atoms with E-state index in [9.17, 15) is 14.7 Å². The Hall–Kier alpha value is -3.60. The summed E-state index contributed by atoms with van der Waals surface area (Å²) in [6, 6.07) is 21.6. The molecule has 2 N–H and O–H groups in total. The van der Waals surface area contributed by atoms with Gasteiger partial charge in [0, 0.05) is 12.0 Å². The Morgan fingerprint density at radius 3 is 2.13 bits per heavy atom. The van der Waals surface area contributed by atoms with Crippen LogP contribution in [0.25, 0.3) is 0 Å². The first kappa shape index (κ1) is 21.1. The van der Waals surface area contributed by atoms with Crippen LogP contribution in [-0.2, 0) is 17.8 Å². The molecular weight excluding hydrogens is 378 g/mol. The minimum atomic E-state index is -1.07. The number of amides is 1. The standard InChI is InChI=1S/C25H25NO4/c1-17-12-18(2)14-21(13-17)24(27)26-23(25(28)29)15-19-8-10-22(11-9-19)30-16-20-6-4-3-5-7-20/h3-14,23H,15-16H2,1-2H3,(H,26,27)(H,28,29)/t23-/m0/s1. The van der Waals surface area contributed by atoms with Gasteiger partial charge in [0.2, 0.25) is 0 Å². The van der Waals surface area contributed by atoms with Crippen LogP contribution in [0.2, 0.25) is 0 Å². The molecule has 30 heavy (non-hydrogen) atoms. The predicted octanol–water partition coefficient (Wildman–Crippen LogP) is 4.31. The third-order valence-corrected chi connectivity index (χ3v) is 4.70. The summed E-state index contributed by atoms with van der Waals surface area (Å²) in [7, 11) is 0. The van der Waals surface area contributed by atoms with Gasteiger partial charge in [0.05, 0.1) is 0 Å². The number of aliphatic carboxylic acids is 1. The van der Waals surface area contributed by atoms with Crippen LogP contribution in [-0.4, -0.2) is 23.0 Å². The maximum Gasteiger partial charge on any atom is 0.326 e. The van der Waals surface area contributed by atoms with E-state index in [0.717, 1.165) is 22.3 Å². The predicted molar refractivity (Wildman–Crippen MR) is 116 cm³/mol. The number of nitrogens with one attached hydrogen (secondary N) is 1. The number of hydrogen-bond acceptors (Lipinski definition) is 3. The maximum absolute atomic E-state index is 12.5. The Labute approximate surface area is 176 Å². The lowest BCUT2D eigenvalue weighted by molar-refractivity contribution is -0.139. The zero-order valence-corrected chi connectivity index (χ0v) is 17.1. The van der Waals surface area contributed by atoms with Crippen molar-refractivity contribution in [2.45, 2.75) is 32.9 Å². The number of benzene rings is 3. The molecule has 3 aromatic rings. The van der Waals surface area contributed by atoms with Gasteiger partial charge in [-0.3, -0.25) is 4.79 Å². The van der Waals surface area contributed by atoms with E-state index in [1.807, 2.05) is 74.5 Å². The first-order valence-electron chi connectivity index (χ1n) is 9.78. The number of rotatable bonds is 8. The van der Waals surface area contributed by atoms with Gasteiger partial charge in [-0.15, -0.1) is 0 Å². The molecule has 0 fully saturated rings. The van der Waals surface area contributed by atoms with E-state index in [2.05, 4.69) is 5.32 Å². The molecule has 0 aliphatic rings. The molecule has 154 valence electrons. The van der Waals surface area contributed by atoms with Crippen molar-refractivity contribution in [2.75, 3.05) is 0 Å². The Kier molecular flexibility index (Phi) is 6.86. The highest BCUT2D eigenvalue weighted by atomic mass is 16.5. The molecule has 0 saturated heterocycles. The van der Waals surface area contributed by atoms with E-state index in [1.165, 1.54) is 0 Å². The molecule has 0 bridgehead atoms. The average molecular weight is 403 g/mol. The van der Waals surface area contributed by atoms with Crippen LogP contribution in [0, 0.1) is 13.8 Å². The summed E-state index contributed by atoms with van der Waals surface area (Å²) in [4.78, 5) is 24.2. The third-order valence-electron chi connectivity index (χ3n) is 4.70. The van der Waals surface area contributed by atoms with Gasteiger partial charge in [-0.1, -0.05) is 59.7 Å². The zero-order chi connectivity index (χ0) is 21.5. The number of hydrogen-bond donors (Lipinski definition) is 2. The van der Waals surface area contributed by atoms with Crippen LogP contribution >= 0.6 is 0 Å². The molecule has 0 heterocycles. The summed E-state index contributed by atoms with van der Waals surface area (Å²) in [6.45, 7) is 4.27. The summed E-state index contributed by atoms with van der Waals surface area (Å²) in [5.74, 6) is -0.761. The lowest BCUT2D eigenvalue weighted by Gasteiger charge is -2.16. The molecule has 1 atom stereocenters. The van der Waals surface area contributed by atoms with Gasteiger partial charge in [0.25, 0.3) is 5.91 Å². The Morgan fingerprint density at radius 1 is 0.900 bits per heavy atom. The van der Waals surface area contributed by atoms with Crippen molar-refractivity contribution < 1.29 is 19.4 Å². The van der Waals surface area contributed by atoms with Gasteiger partial charge in [-0.2, -0.15) is 0 Å². The van der Waals surface area contributed by atoms with E-state index in [4.69, 9.17) is 4.74 Å². The highest BCUT2D eigenvalue weighted by Gasteiger charge is 2.21. The smallest absolute Gasteiger partial charge is 0.326 e. The van der Waals surface area contributed by atoms with Crippen molar-refractivity contribution in [3.05, 3.63) is 101 Å². The first-order chi connectivity index (χ1) is 14.4. The van der Waals surface area contributed by atoms with Crippen molar-refractivity contribution in [1.82, 2.24) is 5.32 Å². The Balaban J connectivity index is 1.62. The van der Waals surface area contributed by atoms with Gasteiger partial charge in [0.1, 0.15) is 18.4 Å². The zero-order valence-electron chi connectivity index (χ0n) is 17.1. The monoisotopic (exact) mass is 403 g/mol. The molecule has 0 aromatic heterocycles. The number of carbonyl (C=O) groups is 2. The molecule has 1 amide bonds.